The minimum Gasteiger partial charge on any atom is -0.382 e. The van der Waals surface area contributed by atoms with E-state index < -0.39 is 0 Å². The summed E-state index contributed by atoms with van der Waals surface area (Å²) in [4.78, 5) is 0. The van der Waals surface area contributed by atoms with Crippen molar-refractivity contribution in [3.8, 4) is 0 Å². The number of benzene rings is 1. The Morgan fingerprint density at radius 2 is 1.95 bits per heavy atom. The summed E-state index contributed by atoms with van der Waals surface area (Å²) in [5.41, 5.74) is 1.19. The van der Waals surface area contributed by atoms with Crippen molar-refractivity contribution in [2.75, 3.05) is 26.9 Å². The average molecular weight is 263 g/mol. The molecule has 3 nitrogen and oxygen atoms in total. The Kier molecular flexibility index (Phi) is 8.14. The average Bonchev–Trinajstić information content (AvgIpc) is 2.41. The molecule has 0 aliphatic heterocycles. The Labute approximate surface area is 116 Å². The van der Waals surface area contributed by atoms with Crippen LogP contribution in [0.3, 0.4) is 0 Å². The summed E-state index contributed by atoms with van der Waals surface area (Å²) in [7, 11) is 1.70. The summed E-state index contributed by atoms with van der Waals surface area (Å²) in [5.74, 6) is 0. The molecule has 0 aliphatic carbocycles. The molecular weight excluding hydrogens is 238 g/mol. The van der Waals surface area contributed by atoms with Crippen LogP contribution >= 0.6 is 0 Å². The third-order valence-electron chi connectivity index (χ3n) is 2.64. The summed E-state index contributed by atoms with van der Waals surface area (Å²) in [6.07, 6.45) is 4.19. The van der Waals surface area contributed by atoms with Crippen molar-refractivity contribution in [2.45, 2.75) is 26.0 Å². The van der Waals surface area contributed by atoms with Crippen molar-refractivity contribution >= 4 is 6.08 Å². The van der Waals surface area contributed by atoms with Gasteiger partial charge in [-0.15, -0.1) is 0 Å². The van der Waals surface area contributed by atoms with Crippen molar-refractivity contribution in [1.29, 1.82) is 0 Å². The molecule has 0 radical (unpaired) electrons. The van der Waals surface area contributed by atoms with Crippen molar-refractivity contribution in [1.82, 2.24) is 5.32 Å². The van der Waals surface area contributed by atoms with Gasteiger partial charge >= 0.3 is 0 Å². The summed E-state index contributed by atoms with van der Waals surface area (Å²) in [6.45, 7) is 6.27. The Bertz CT molecular complexity index is 349. The molecule has 1 aromatic carbocycles. The van der Waals surface area contributed by atoms with Crippen molar-refractivity contribution in [3.63, 3.8) is 0 Å². The molecule has 106 valence electrons. The fraction of sp³-hybridized carbons (Fsp3) is 0.500. The van der Waals surface area contributed by atoms with Crippen molar-refractivity contribution < 1.29 is 9.47 Å². The highest BCUT2D eigenvalue weighted by atomic mass is 16.5. The van der Waals surface area contributed by atoms with E-state index in [1.165, 1.54) is 5.56 Å². The van der Waals surface area contributed by atoms with E-state index in [4.69, 9.17) is 9.47 Å². The minimum absolute atomic E-state index is 0.0906. The van der Waals surface area contributed by atoms with Gasteiger partial charge in [0.2, 0.25) is 0 Å². The zero-order valence-electron chi connectivity index (χ0n) is 12.1. The topological polar surface area (TPSA) is 30.5 Å². The molecule has 0 aliphatic rings. The predicted octanol–water partition coefficient (Wildman–Crippen LogP) is 2.73. The molecular formula is C16H25NO2. The highest BCUT2D eigenvalue weighted by Gasteiger charge is 2.08. The lowest BCUT2D eigenvalue weighted by Crippen LogP contribution is -2.36. The van der Waals surface area contributed by atoms with Crippen LogP contribution in [0.1, 0.15) is 19.4 Å². The second-order valence-electron chi connectivity index (χ2n) is 4.79. The van der Waals surface area contributed by atoms with Crippen LogP contribution < -0.4 is 5.32 Å². The van der Waals surface area contributed by atoms with Gasteiger partial charge < -0.3 is 14.8 Å². The fourth-order valence-electron chi connectivity index (χ4n) is 1.66. The standard InChI is InChI=1S/C16H25NO2/c1-14(2)17-12-16(13-18-3)19-11-7-10-15-8-5-4-6-9-15/h4-10,14,16-17H,11-13H2,1-3H3/b10-7+. The first-order valence-corrected chi connectivity index (χ1v) is 6.78. The zero-order valence-corrected chi connectivity index (χ0v) is 12.1. The maximum atomic E-state index is 5.78. The summed E-state index contributed by atoms with van der Waals surface area (Å²) in [6, 6.07) is 10.7. The molecule has 1 unspecified atom stereocenters. The molecule has 1 rings (SSSR count). The molecule has 1 atom stereocenters. The van der Waals surface area contributed by atoms with E-state index in [2.05, 4.69) is 37.4 Å². The lowest BCUT2D eigenvalue weighted by atomic mass is 10.2. The number of rotatable bonds is 9. The Hall–Kier alpha value is -1.16. The lowest BCUT2D eigenvalue weighted by Gasteiger charge is -2.18. The zero-order chi connectivity index (χ0) is 13.9. The number of methoxy groups -OCH3 is 1. The van der Waals surface area contributed by atoms with Crippen molar-refractivity contribution in [2.24, 2.45) is 0 Å². The van der Waals surface area contributed by atoms with Gasteiger partial charge in [0.1, 0.15) is 0 Å². The van der Waals surface area contributed by atoms with Gasteiger partial charge in [-0.05, 0) is 5.56 Å². The van der Waals surface area contributed by atoms with E-state index in [1.807, 2.05) is 24.3 Å². The maximum absolute atomic E-state index is 5.78. The van der Waals surface area contributed by atoms with Crippen LogP contribution in [-0.2, 0) is 9.47 Å². The molecule has 3 heteroatoms. The van der Waals surface area contributed by atoms with Gasteiger partial charge in [-0.2, -0.15) is 0 Å². The Balaban J connectivity index is 2.29. The van der Waals surface area contributed by atoms with E-state index in [1.54, 1.807) is 7.11 Å². The van der Waals surface area contributed by atoms with Crippen LogP contribution in [0.25, 0.3) is 6.08 Å². The summed E-state index contributed by atoms with van der Waals surface area (Å²) in [5, 5.41) is 3.36. The van der Waals surface area contributed by atoms with Gasteiger partial charge in [0.15, 0.2) is 0 Å². The molecule has 0 spiro atoms. The van der Waals surface area contributed by atoms with Crippen LogP contribution in [0, 0.1) is 0 Å². The highest BCUT2D eigenvalue weighted by Crippen LogP contribution is 2.01. The molecule has 0 heterocycles. The van der Waals surface area contributed by atoms with Gasteiger partial charge in [-0.1, -0.05) is 56.3 Å². The van der Waals surface area contributed by atoms with Crippen LogP contribution in [0.15, 0.2) is 36.4 Å². The second-order valence-corrected chi connectivity index (χ2v) is 4.79. The third kappa shape index (κ3) is 7.78. The van der Waals surface area contributed by atoms with E-state index in [9.17, 15) is 0 Å². The largest absolute Gasteiger partial charge is 0.382 e. The van der Waals surface area contributed by atoms with Gasteiger partial charge in [-0.3, -0.25) is 0 Å². The van der Waals surface area contributed by atoms with E-state index in [0.717, 1.165) is 6.54 Å². The van der Waals surface area contributed by atoms with E-state index >= 15 is 0 Å². The maximum Gasteiger partial charge on any atom is 0.0936 e. The molecule has 19 heavy (non-hydrogen) atoms. The van der Waals surface area contributed by atoms with Gasteiger partial charge in [-0.25, -0.2) is 0 Å². The van der Waals surface area contributed by atoms with Crippen molar-refractivity contribution in [3.05, 3.63) is 42.0 Å². The molecule has 0 amide bonds. The Morgan fingerprint density at radius 3 is 2.58 bits per heavy atom. The minimum atomic E-state index is 0.0906. The van der Waals surface area contributed by atoms with E-state index in [0.29, 0.717) is 19.3 Å². The highest BCUT2D eigenvalue weighted by molar-refractivity contribution is 5.48. The summed E-state index contributed by atoms with van der Waals surface area (Å²) < 4.78 is 10.9. The molecule has 0 fully saturated rings. The van der Waals surface area contributed by atoms with Gasteiger partial charge in [0.05, 0.1) is 19.3 Å². The second kappa shape index (κ2) is 9.73. The van der Waals surface area contributed by atoms with Crippen LogP contribution in [0.5, 0.6) is 0 Å². The molecule has 1 aromatic rings. The van der Waals surface area contributed by atoms with Gasteiger partial charge in [0, 0.05) is 19.7 Å². The summed E-state index contributed by atoms with van der Waals surface area (Å²) >= 11 is 0. The third-order valence-corrected chi connectivity index (χ3v) is 2.64. The first-order valence-electron chi connectivity index (χ1n) is 6.78. The number of hydrogen-bond donors (Lipinski definition) is 1. The van der Waals surface area contributed by atoms with Gasteiger partial charge in [0.25, 0.3) is 0 Å². The normalized spacial score (nSPS) is 13.3. The number of nitrogens with one attached hydrogen (secondary N) is 1. The molecule has 0 bridgehead atoms. The fourth-order valence-corrected chi connectivity index (χ4v) is 1.66. The first-order chi connectivity index (χ1) is 9.22. The SMILES string of the molecule is COCC(CNC(C)C)OC/C=C/c1ccccc1. The predicted molar refractivity (Wildman–Crippen MR) is 80.2 cm³/mol. The lowest BCUT2D eigenvalue weighted by molar-refractivity contribution is 0.0113. The van der Waals surface area contributed by atoms with Crippen LogP contribution in [0.2, 0.25) is 0 Å². The molecule has 1 N–H and O–H groups in total. The van der Waals surface area contributed by atoms with Crippen LogP contribution in [0.4, 0.5) is 0 Å². The monoisotopic (exact) mass is 263 g/mol. The number of hydrogen-bond acceptors (Lipinski definition) is 3. The smallest absolute Gasteiger partial charge is 0.0936 e. The molecule has 0 saturated carbocycles. The molecule has 0 aromatic heterocycles. The quantitative estimate of drug-likeness (QED) is 0.743. The van der Waals surface area contributed by atoms with Crippen LogP contribution in [-0.4, -0.2) is 39.0 Å². The molecule has 0 saturated heterocycles. The van der Waals surface area contributed by atoms with E-state index in [-0.39, 0.29) is 6.10 Å². The first kappa shape index (κ1) is 15.9. The Morgan fingerprint density at radius 1 is 1.21 bits per heavy atom. The number of ether oxygens (including phenoxy) is 2.